The van der Waals surface area contributed by atoms with Gasteiger partial charge in [0, 0.05) is 16.6 Å². The van der Waals surface area contributed by atoms with E-state index in [1.54, 1.807) is 18.2 Å². The van der Waals surface area contributed by atoms with Gasteiger partial charge in [-0.2, -0.15) is 0 Å². The molecule has 0 aromatic heterocycles. The van der Waals surface area contributed by atoms with E-state index in [0.29, 0.717) is 16.6 Å². The highest BCUT2D eigenvalue weighted by Crippen LogP contribution is 2.28. The SMILES string of the molecule is O=C(Nc1c(F)cccc1F)N1CCO[C@@H](c2cc(Cl)cc(Cl)c2)C1. The van der Waals surface area contributed by atoms with Crippen LogP contribution in [0.15, 0.2) is 36.4 Å². The van der Waals surface area contributed by atoms with Crippen molar-refractivity contribution in [2.24, 2.45) is 0 Å². The molecule has 0 saturated carbocycles. The van der Waals surface area contributed by atoms with E-state index >= 15 is 0 Å². The summed E-state index contributed by atoms with van der Waals surface area (Å²) < 4.78 is 33.0. The average Bonchev–Trinajstić information content (AvgIpc) is 2.57. The second kappa shape index (κ2) is 7.56. The number of urea groups is 1. The summed E-state index contributed by atoms with van der Waals surface area (Å²) in [7, 11) is 0. The Labute approximate surface area is 153 Å². The fourth-order valence-electron chi connectivity index (χ4n) is 2.60. The molecule has 0 radical (unpaired) electrons. The molecule has 1 N–H and O–H groups in total. The molecule has 1 aliphatic rings. The molecule has 1 atom stereocenters. The van der Waals surface area contributed by atoms with Gasteiger partial charge in [-0.05, 0) is 35.9 Å². The predicted molar refractivity (Wildman–Crippen MR) is 92.1 cm³/mol. The van der Waals surface area contributed by atoms with E-state index in [0.717, 1.165) is 17.7 Å². The number of halogens is 4. The Kier molecular flexibility index (Phi) is 5.42. The van der Waals surface area contributed by atoms with Crippen LogP contribution in [0.2, 0.25) is 10.0 Å². The number of carbonyl (C=O) groups excluding carboxylic acids is 1. The number of carbonyl (C=O) groups is 1. The average molecular weight is 387 g/mol. The fraction of sp³-hybridized carbons (Fsp3) is 0.235. The lowest BCUT2D eigenvalue weighted by atomic mass is 10.1. The number of hydrogen-bond donors (Lipinski definition) is 1. The van der Waals surface area contributed by atoms with Crippen molar-refractivity contribution < 1.29 is 18.3 Å². The van der Waals surface area contributed by atoms with Gasteiger partial charge < -0.3 is 15.0 Å². The van der Waals surface area contributed by atoms with E-state index < -0.39 is 29.5 Å². The van der Waals surface area contributed by atoms with Crippen molar-refractivity contribution in [3.8, 4) is 0 Å². The summed E-state index contributed by atoms with van der Waals surface area (Å²) in [6.07, 6.45) is -0.429. The largest absolute Gasteiger partial charge is 0.370 e. The Morgan fingerprint density at radius 3 is 2.44 bits per heavy atom. The van der Waals surface area contributed by atoms with Gasteiger partial charge in [0.15, 0.2) is 0 Å². The maximum atomic E-state index is 13.7. The maximum absolute atomic E-state index is 13.7. The summed E-state index contributed by atoms with van der Waals surface area (Å²) in [5.41, 5.74) is 0.258. The molecule has 2 amide bonds. The summed E-state index contributed by atoms with van der Waals surface area (Å²) in [5.74, 6) is -1.67. The van der Waals surface area contributed by atoms with E-state index in [9.17, 15) is 13.6 Å². The van der Waals surface area contributed by atoms with Crippen LogP contribution >= 0.6 is 23.2 Å². The third-order valence-electron chi connectivity index (χ3n) is 3.81. The van der Waals surface area contributed by atoms with Crippen molar-refractivity contribution in [1.29, 1.82) is 0 Å². The molecule has 1 fully saturated rings. The van der Waals surface area contributed by atoms with Gasteiger partial charge in [-0.25, -0.2) is 13.6 Å². The standard InChI is InChI=1S/C17H14Cl2F2N2O2/c18-11-6-10(7-12(19)8-11)15-9-23(4-5-25-15)17(24)22-16-13(20)2-1-3-14(16)21/h1-3,6-8,15H,4-5,9H2,(H,22,24)/t15-/m1/s1. The topological polar surface area (TPSA) is 41.6 Å². The first kappa shape index (κ1) is 17.9. The van der Waals surface area contributed by atoms with Gasteiger partial charge in [0.1, 0.15) is 23.4 Å². The monoisotopic (exact) mass is 386 g/mol. The summed E-state index contributed by atoms with van der Waals surface area (Å²) in [6, 6.07) is 7.79. The third-order valence-corrected chi connectivity index (χ3v) is 4.24. The number of para-hydroxylation sites is 1. The van der Waals surface area contributed by atoms with E-state index in [4.69, 9.17) is 27.9 Å². The summed E-state index contributed by atoms with van der Waals surface area (Å²) in [4.78, 5) is 13.8. The molecule has 8 heteroatoms. The van der Waals surface area contributed by atoms with Crippen LogP contribution in [0.25, 0.3) is 0 Å². The van der Waals surface area contributed by atoms with E-state index in [-0.39, 0.29) is 13.2 Å². The van der Waals surface area contributed by atoms with Crippen LogP contribution in [0.4, 0.5) is 19.3 Å². The molecule has 0 spiro atoms. The van der Waals surface area contributed by atoms with Crippen LogP contribution in [-0.2, 0) is 4.74 Å². The van der Waals surface area contributed by atoms with Crippen molar-refractivity contribution in [3.63, 3.8) is 0 Å². The van der Waals surface area contributed by atoms with Gasteiger partial charge >= 0.3 is 6.03 Å². The zero-order valence-corrected chi connectivity index (χ0v) is 14.5. The molecule has 0 aliphatic carbocycles. The van der Waals surface area contributed by atoms with Crippen LogP contribution in [0, 0.1) is 11.6 Å². The molecule has 0 bridgehead atoms. The number of morpholine rings is 1. The van der Waals surface area contributed by atoms with Crippen LogP contribution in [0.1, 0.15) is 11.7 Å². The smallest absolute Gasteiger partial charge is 0.322 e. The second-order valence-corrected chi connectivity index (χ2v) is 6.41. The number of anilines is 1. The predicted octanol–water partition coefficient (Wildman–Crippen LogP) is 4.88. The molecule has 132 valence electrons. The Morgan fingerprint density at radius 1 is 1.16 bits per heavy atom. The Balaban J connectivity index is 1.73. The highest BCUT2D eigenvalue weighted by atomic mass is 35.5. The molecule has 4 nitrogen and oxygen atoms in total. The van der Waals surface area contributed by atoms with E-state index in [1.807, 2.05) is 0 Å². The van der Waals surface area contributed by atoms with Crippen LogP contribution in [-0.4, -0.2) is 30.6 Å². The van der Waals surface area contributed by atoms with Gasteiger partial charge in [-0.1, -0.05) is 29.3 Å². The van der Waals surface area contributed by atoms with Gasteiger partial charge in [0.25, 0.3) is 0 Å². The van der Waals surface area contributed by atoms with Gasteiger partial charge in [0.2, 0.25) is 0 Å². The molecule has 0 unspecified atom stereocenters. The Bertz CT molecular complexity index is 764. The number of nitrogens with one attached hydrogen (secondary N) is 1. The highest BCUT2D eigenvalue weighted by Gasteiger charge is 2.27. The van der Waals surface area contributed by atoms with Crippen molar-refractivity contribution in [2.75, 3.05) is 25.0 Å². The number of rotatable bonds is 2. The highest BCUT2D eigenvalue weighted by molar-refractivity contribution is 6.34. The number of hydrogen-bond acceptors (Lipinski definition) is 2. The number of benzene rings is 2. The minimum atomic E-state index is -0.834. The minimum Gasteiger partial charge on any atom is -0.370 e. The van der Waals surface area contributed by atoms with Crippen molar-refractivity contribution in [1.82, 2.24) is 4.90 Å². The zero-order valence-electron chi connectivity index (χ0n) is 12.9. The van der Waals surface area contributed by atoms with E-state index in [2.05, 4.69) is 5.32 Å². The van der Waals surface area contributed by atoms with E-state index in [1.165, 1.54) is 11.0 Å². The van der Waals surface area contributed by atoms with Gasteiger partial charge in [-0.3, -0.25) is 0 Å². The molecular weight excluding hydrogens is 373 g/mol. The third kappa shape index (κ3) is 4.21. The first-order chi connectivity index (χ1) is 11.9. The lowest BCUT2D eigenvalue weighted by Gasteiger charge is -2.33. The van der Waals surface area contributed by atoms with Crippen LogP contribution < -0.4 is 5.32 Å². The number of ether oxygens (including phenoxy) is 1. The first-order valence-corrected chi connectivity index (χ1v) is 8.27. The summed E-state index contributed by atoms with van der Waals surface area (Å²) in [6.45, 7) is 0.785. The molecule has 1 saturated heterocycles. The van der Waals surface area contributed by atoms with Gasteiger partial charge in [0.05, 0.1) is 13.2 Å². The first-order valence-electron chi connectivity index (χ1n) is 7.51. The van der Waals surface area contributed by atoms with Crippen LogP contribution in [0.3, 0.4) is 0 Å². The van der Waals surface area contributed by atoms with Crippen molar-refractivity contribution in [2.45, 2.75) is 6.10 Å². The lowest BCUT2D eigenvalue weighted by molar-refractivity contribution is -0.0135. The van der Waals surface area contributed by atoms with Gasteiger partial charge in [-0.15, -0.1) is 0 Å². The molecule has 2 aromatic carbocycles. The quantitative estimate of drug-likeness (QED) is 0.799. The molecular formula is C17H14Cl2F2N2O2. The Morgan fingerprint density at radius 2 is 1.80 bits per heavy atom. The number of nitrogens with zero attached hydrogens (tertiary/aromatic N) is 1. The summed E-state index contributed by atoms with van der Waals surface area (Å²) >= 11 is 12.0. The molecule has 25 heavy (non-hydrogen) atoms. The summed E-state index contributed by atoms with van der Waals surface area (Å²) in [5, 5.41) is 3.19. The molecule has 1 aliphatic heterocycles. The van der Waals surface area contributed by atoms with Crippen molar-refractivity contribution >= 4 is 34.9 Å². The fourth-order valence-corrected chi connectivity index (χ4v) is 3.14. The maximum Gasteiger partial charge on any atom is 0.322 e. The molecule has 2 aromatic rings. The zero-order chi connectivity index (χ0) is 18.0. The second-order valence-electron chi connectivity index (χ2n) is 5.54. The Hall–Kier alpha value is -1.89. The van der Waals surface area contributed by atoms with Crippen molar-refractivity contribution in [3.05, 3.63) is 63.6 Å². The number of amides is 2. The minimum absolute atomic E-state index is 0.207. The molecule has 1 heterocycles. The van der Waals surface area contributed by atoms with Crippen LogP contribution in [0.5, 0.6) is 0 Å². The molecule has 3 rings (SSSR count). The lowest BCUT2D eigenvalue weighted by Crippen LogP contribution is -2.44. The normalized spacial score (nSPS) is 17.4.